The minimum atomic E-state index is -2.10. The van der Waals surface area contributed by atoms with Crippen molar-refractivity contribution in [1.29, 1.82) is 0 Å². The predicted octanol–water partition coefficient (Wildman–Crippen LogP) is 5.40. The van der Waals surface area contributed by atoms with Gasteiger partial charge in [-0.1, -0.05) is 6.07 Å². The number of esters is 1. The molecule has 11 heteroatoms. The zero-order valence-electron chi connectivity index (χ0n) is 23.8. The molecule has 1 unspecified atom stereocenters. The summed E-state index contributed by atoms with van der Waals surface area (Å²) in [5.74, 6) is -0.345. The summed E-state index contributed by atoms with van der Waals surface area (Å²) in [6, 6.07) is 14.0. The number of benzene rings is 3. The molecule has 0 fully saturated rings. The summed E-state index contributed by atoms with van der Waals surface area (Å²) < 4.78 is 43.3. The number of aromatic nitrogens is 2. The molecule has 10 nitrogen and oxygen atoms in total. The molecule has 0 saturated carbocycles. The van der Waals surface area contributed by atoms with E-state index in [0.29, 0.717) is 62.0 Å². The van der Waals surface area contributed by atoms with Crippen molar-refractivity contribution in [2.24, 2.45) is 0 Å². The molecule has 0 bridgehead atoms. The fourth-order valence-electron chi connectivity index (χ4n) is 5.10. The molecule has 1 N–H and O–H groups in total. The van der Waals surface area contributed by atoms with Crippen LogP contribution in [0.2, 0.25) is 0 Å². The molecule has 218 valence electrons. The Balaban J connectivity index is 1.53. The summed E-state index contributed by atoms with van der Waals surface area (Å²) in [4.78, 5) is 13.6. The molecule has 1 aromatic heterocycles. The molecule has 0 amide bonds. The fourth-order valence-corrected chi connectivity index (χ4v) is 5.62. The molecular weight excluding hydrogens is 560 g/mol. The number of cyclic esters (lactones) is 1. The number of aliphatic hydroxyl groups is 1. The van der Waals surface area contributed by atoms with Gasteiger partial charge in [0.05, 0.1) is 36.6 Å². The van der Waals surface area contributed by atoms with Crippen molar-refractivity contribution in [1.82, 2.24) is 8.75 Å². The molecule has 2 aliphatic rings. The Morgan fingerprint density at radius 2 is 1.67 bits per heavy atom. The molecular formula is C31H30N2O8S. The Morgan fingerprint density at radius 3 is 2.43 bits per heavy atom. The largest absolute Gasteiger partial charge is 0.493 e. The lowest BCUT2D eigenvalue weighted by Gasteiger charge is -2.26. The van der Waals surface area contributed by atoms with Gasteiger partial charge in [0.2, 0.25) is 12.5 Å². The van der Waals surface area contributed by atoms with Crippen molar-refractivity contribution in [3.63, 3.8) is 0 Å². The van der Waals surface area contributed by atoms with Gasteiger partial charge in [-0.3, -0.25) is 0 Å². The molecule has 0 radical (unpaired) electrons. The number of hydrogen-bond donors (Lipinski definition) is 1. The van der Waals surface area contributed by atoms with Gasteiger partial charge in [0.1, 0.15) is 11.0 Å². The second-order valence-corrected chi connectivity index (χ2v) is 11.1. The number of fused-ring (bicyclic) bond motifs is 2. The van der Waals surface area contributed by atoms with Crippen molar-refractivity contribution < 1.29 is 38.3 Å². The van der Waals surface area contributed by atoms with E-state index in [4.69, 9.17) is 28.4 Å². The topological polar surface area (TPSA) is 118 Å². The third-order valence-corrected chi connectivity index (χ3v) is 7.42. The first kappa shape index (κ1) is 27.8. The van der Waals surface area contributed by atoms with E-state index in [1.54, 1.807) is 43.5 Å². The minimum absolute atomic E-state index is 0.0653. The van der Waals surface area contributed by atoms with Gasteiger partial charge in [0.25, 0.3) is 5.79 Å². The molecule has 2 aliphatic heterocycles. The number of ether oxygens (including phenoxy) is 6. The van der Waals surface area contributed by atoms with Crippen LogP contribution in [0.1, 0.15) is 44.4 Å². The number of nitrogens with zero attached hydrogens (tertiary/aromatic N) is 2. The summed E-state index contributed by atoms with van der Waals surface area (Å²) in [6.45, 7) is 7.75. The van der Waals surface area contributed by atoms with Crippen LogP contribution >= 0.6 is 11.7 Å². The standard InChI is InChI=1S/C31H30N2O8S/c1-16(2)39-27-12-18(11-26(36-5)29(27)40-17(3)4)10-21-28(19-6-8-22-23(13-19)33-42-32-22)30(34)41-31(21,35)20-7-9-24-25(14-20)38-15-37-24/h6-9,11-14,16-17,35H,10,15H2,1-5H3. The van der Waals surface area contributed by atoms with Crippen molar-refractivity contribution >= 4 is 34.3 Å². The molecule has 6 rings (SSSR count). The molecule has 4 aromatic rings. The maximum atomic E-state index is 13.6. The predicted molar refractivity (Wildman–Crippen MR) is 155 cm³/mol. The Morgan fingerprint density at radius 1 is 0.929 bits per heavy atom. The molecule has 0 saturated heterocycles. The van der Waals surface area contributed by atoms with Crippen LogP contribution in [0.15, 0.2) is 54.1 Å². The number of rotatable bonds is 9. The van der Waals surface area contributed by atoms with Gasteiger partial charge >= 0.3 is 5.97 Å². The van der Waals surface area contributed by atoms with E-state index >= 15 is 0 Å². The number of carbonyl (C=O) groups excluding carboxylic acids is 1. The van der Waals surface area contributed by atoms with E-state index in [1.165, 1.54) is 0 Å². The summed E-state index contributed by atoms with van der Waals surface area (Å²) in [7, 11) is 1.55. The van der Waals surface area contributed by atoms with Gasteiger partial charge < -0.3 is 33.5 Å². The summed E-state index contributed by atoms with van der Waals surface area (Å²) in [6.07, 6.45) is -0.151. The number of methoxy groups -OCH3 is 1. The SMILES string of the molecule is COc1cc(CC2=C(c3ccc4nsnc4c3)C(=O)OC2(O)c2ccc3c(c2)OCO3)cc(OC(C)C)c1OC(C)C. The minimum Gasteiger partial charge on any atom is -0.493 e. The Labute approximate surface area is 246 Å². The van der Waals surface area contributed by atoms with Gasteiger partial charge in [-0.05, 0) is 81.3 Å². The Bertz CT molecular complexity index is 1710. The average Bonchev–Trinajstić information content (AvgIpc) is 3.67. The molecule has 42 heavy (non-hydrogen) atoms. The van der Waals surface area contributed by atoms with Crippen molar-refractivity contribution in [2.45, 2.75) is 52.1 Å². The van der Waals surface area contributed by atoms with Crippen LogP contribution < -0.4 is 23.7 Å². The molecule has 0 spiro atoms. The van der Waals surface area contributed by atoms with E-state index in [-0.39, 0.29) is 31.0 Å². The monoisotopic (exact) mass is 590 g/mol. The quantitative estimate of drug-likeness (QED) is 0.254. The van der Waals surface area contributed by atoms with Crippen LogP contribution in [0.4, 0.5) is 0 Å². The van der Waals surface area contributed by atoms with Crippen LogP contribution in [-0.4, -0.2) is 45.9 Å². The molecule has 1 atom stereocenters. The fraction of sp³-hybridized carbons (Fsp3) is 0.323. The lowest BCUT2D eigenvalue weighted by atomic mass is 9.87. The maximum Gasteiger partial charge on any atom is 0.342 e. The smallest absolute Gasteiger partial charge is 0.342 e. The molecule has 0 aliphatic carbocycles. The summed E-state index contributed by atoms with van der Waals surface area (Å²) in [5.41, 5.74) is 3.51. The normalized spacial score (nSPS) is 17.9. The second kappa shape index (κ2) is 10.8. The number of hydrogen-bond acceptors (Lipinski definition) is 11. The number of carbonyl (C=O) groups is 1. The van der Waals surface area contributed by atoms with E-state index in [0.717, 1.165) is 11.7 Å². The third-order valence-electron chi connectivity index (χ3n) is 6.86. The Hall–Kier alpha value is -4.35. The first-order chi connectivity index (χ1) is 20.2. The van der Waals surface area contributed by atoms with Crippen LogP contribution in [0.5, 0.6) is 28.7 Å². The zero-order chi connectivity index (χ0) is 29.6. The van der Waals surface area contributed by atoms with Gasteiger partial charge in [-0.25, -0.2) is 4.79 Å². The molecule has 3 heterocycles. The Kier molecular flexibility index (Phi) is 7.15. The van der Waals surface area contributed by atoms with Gasteiger partial charge in [-0.15, -0.1) is 0 Å². The maximum absolute atomic E-state index is 13.6. The second-order valence-electron chi connectivity index (χ2n) is 10.6. The molecule has 3 aromatic carbocycles. The van der Waals surface area contributed by atoms with Crippen LogP contribution in [-0.2, 0) is 21.7 Å². The zero-order valence-corrected chi connectivity index (χ0v) is 24.6. The van der Waals surface area contributed by atoms with Gasteiger partial charge in [0, 0.05) is 17.6 Å². The van der Waals surface area contributed by atoms with E-state index in [2.05, 4.69) is 8.75 Å². The lowest BCUT2D eigenvalue weighted by Crippen LogP contribution is -2.29. The van der Waals surface area contributed by atoms with Gasteiger partial charge in [-0.2, -0.15) is 8.75 Å². The highest BCUT2D eigenvalue weighted by Crippen LogP contribution is 2.48. The average molecular weight is 591 g/mol. The lowest BCUT2D eigenvalue weighted by molar-refractivity contribution is -0.185. The van der Waals surface area contributed by atoms with E-state index < -0.39 is 11.8 Å². The first-order valence-electron chi connectivity index (χ1n) is 13.5. The van der Waals surface area contributed by atoms with E-state index in [9.17, 15) is 9.90 Å². The third kappa shape index (κ3) is 4.99. The van der Waals surface area contributed by atoms with Gasteiger partial charge in [0.15, 0.2) is 23.0 Å². The highest BCUT2D eigenvalue weighted by Gasteiger charge is 2.48. The summed E-state index contributed by atoms with van der Waals surface area (Å²) >= 11 is 1.09. The van der Waals surface area contributed by atoms with Crippen molar-refractivity contribution in [3.8, 4) is 28.7 Å². The van der Waals surface area contributed by atoms with Crippen molar-refractivity contribution in [2.75, 3.05) is 13.9 Å². The van der Waals surface area contributed by atoms with E-state index in [1.807, 2.05) is 39.8 Å². The highest BCUT2D eigenvalue weighted by molar-refractivity contribution is 7.00. The summed E-state index contributed by atoms with van der Waals surface area (Å²) in [5, 5.41) is 12.2. The van der Waals surface area contributed by atoms with Crippen LogP contribution in [0.3, 0.4) is 0 Å². The van der Waals surface area contributed by atoms with Crippen molar-refractivity contribution in [3.05, 3.63) is 70.8 Å². The van der Waals surface area contributed by atoms with Crippen LogP contribution in [0.25, 0.3) is 16.6 Å². The highest BCUT2D eigenvalue weighted by atomic mass is 32.1. The first-order valence-corrected chi connectivity index (χ1v) is 14.3. The van der Waals surface area contributed by atoms with Crippen LogP contribution in [0, 0.1) is 0 Å².